The van der Waals surface area contributed by atoms with Gasteiger partial charge in [-0.2, -0.15) is 0 Å². The molecule has 1 aliphatic heterocycles. The Hall–Kier alpha value is -0.340. The van der Waals surface area contributed by atoms with Crippen LogP contribution >= 0.6 is 0 Å². The summed E-state index contributed by atoms with van der Waals surface area (Å²) < 4.78 is 0. The van der Waals surface area contributed by atoms with Crippen LogP contribution in [0, 0.1) is 0 Å². The van der Waals surface area contributed by atoms with Crippen LogP contribution in [0.2, 0.25) is 0 Å². The average molecular weight is 138 g/mol. The smallest absolute Gasteiger partial charge is 0.0550 e. The van der Waals surface area contributed by atoms with E-state index in [9.17, 15) is 0 Å². The number of nitrogens with one attached hydrogen (secondary N) is 2. The Morgan fingerprint density at radius 2 is 2.30 bits per heavy atom. The molecule has 0 aromatic carbocycles. The molecule has 10 heavy (non-hydrogen) atoms. The van der Waals surface area contributed by atoms with E-state index < -0.39 is 0 Å². The molecule has 2 N–H and O–H groups in total. The lowest BCUT2D eigenvalue weighted by atomic mass is 9.99. The third-order valence-corrected chi connectivity index (χ3v) is 2.33. The number of rotatable bonds is 0. The lowest BCUT2D eigenvalue weighted by Gasteiger charge is -2.18. The molecule has 0 bridgehead atoms. The first kappa shape index (κ1) is 6.38. The molecule has 3 unspecified atom stereocenters. The zero-order valence-corrected chi connectivity index (χ0v) is 6.30. The monoisotopic (exact) mass is 138 g/mol. The molecule has 2 heteroatoms. The average Bonchev–Trinajstić information content (AvgIpc) is 2.27. The van der Waals surface area contributed by atoms with Gasteiger partial charge in [-0.25, -0.2) is 0 Å². The molecule has 1 saturated heterocycles. The van der Waals surface area contributed by atoms with E-state index in [0.717, 1.165) is 0 Å². The second kappa shape index (κ2) is 2.36. The second-order valence-corrected chi connectivity index (χ2v) is 3.19. The summed E-state index contributed by atoms with van der Waals surface area (Å²) in [7, 11) is 0. The number of hydrogen-bond donors (Lipinski definition) is 2. The predicted octanol–water partition coefficient (Wildman–Crippen LogP) is 0.612. The Balaban J connectivity index is 2.08. The molecule has 0 saturated carbocycles. The van der Waals surface area contributed by atoms with Crippen molar-refractivity contribution in [3.63, 3.8) is 0 Å². The van der Waals surface area contributed by atoms with Crippen LogP contribution in [-0.2, 0) is 0 Å². The van der Waals surface area contributed by atoms with E-state index in [0.29, 0.717) is 18.2 Å². The summed E-state index contributed by atoms with van der Waals surface area (Å²) in [6, 6.07) is 1.30. The number of hydrogen-bond acceptors (Lipinski definition) is 2. The fourth-order valence-corrected chi connectivity index (χ4v) is 1.85. The van der Waals surface area contributed by atoms with Crippen molar-refractivity contribution in [2.24, 2.45) is 0 Å². The molecule has 1 fully saturated rings. The van der Waals surface area contributed by atoms with Gasteiger partial charge in [-0.15, -0.1) is 0 Å². The van der Waals surface area contributed by atoms with E-state index in [2.05, 4.69) is 29.7 Å². The highest BCUT2D eigenvalue weighted by Gasteiger charge is 2.29. The first-order valence-electron chi connectivity index (χ1n) is 4.05. The Morgan fingerprint density at radius 3 is 3.10 bits per heavy atom. The first-order valence-corrected chi connectivity index (χ1v) is 4.05. The summed E-state index contributed by atoms with van der Waals surface area (Å²) in [6.45, 7) is 2.17. The van der Waals surface area contributed by atoms with Gasteiger partial charge >= 0.3 is 0 Å². The minimum Gasteiger partial charge on any atom is -0.297 e. The molecule has 1 aliphatic carbocycles. The topological polar surface area (TPSA) is 24.1 Å². The summed E-state index contributed by atoms with van der Waals surface area (Å²) in [5.74, 6) is 0. The zero-order valence-electron chi connectivity index (χ0n) is 6.30. The van der Waals surface area contributed by atoms with Gasteiger partial charge in [0.15, 0.2) is 0 Å². The lowest BCUT2D eigenvalue weighted by Crippen LogP contribution is -2.33. The van der Waals surface area contributed by atoms with Gasteiger partial charge in [0.25, 0.3) is 0 Å². The van der Waals surface area contributed by atoms with E-state index in [4.69, 9.17) is 0 Å². The van der Waals surface area contributed by atoms with Gasteiger partial charge in [0.1, 0.15) is 0 Å². The van der Waals surface area contributed by atoms with Gasteiger partial charge < -0.3 is 0 Å². The summed E-state index contributed by atoms with van der Waals surface area (Å²) in [5.41, 5.74) is 0. The molecule has 0 amide bonds. The zero-order chi connectivity index (χ0) is 6.97. The van der Waals surface area contributed by atoms with Crippen molar-refractivity contribution in [2.45, 2.75) is 38.0 Å². The Labute approximate surface area is 61.7 Å². The van der Waals surface area contributed by atoms with E-state index >= 15 is 0 Å². The lowest BCUT2D eigenvalue weighted by molar-refractivity contribution is 0.510. The van der Waals surface area contributed by atoms with Gasteiger partial charge in [-0.1, -0.05) is 12.2 Å². The highest BCUT2D eigenvalue weighted by atomic mass is 15.2. The van der Waals surface area contributed by atoms with Gasteiger partial charge in [-0.3, -0.25) is 10.6 Å². The van der Waals surface area contributed by atoms with E-state index in [-0.39, 0.29) is 0 Å². The quantitative estimate of drug-likeness (QED) is 0.479. The minimum atomic E-state index is 0.498. The minimum absolute atomic E-state index is 0.498. The molecule has 0 radical (unpaired) electrons. The number of allylic oxidation sites excluding steroid dienone is 1. The molecule has 2 nitrogen and oxygen atoms in total. The van der Waals surface area contributed by atoms with E-state index in [1.807, 2.05) is 0 Å². The van der Waals surface area contributed by atoms with Crippen molar-refractivity contribution in [1.29, 1.82) is 0 Å². The summed E-state index contributed by atoms with van der Waals surface area (Å²) >= 11 is 0. The predicted molar refractivity (Wildman–Crippen MR) is 41.7 cm³/mol. The molecule has 56 valence electrons. The van der Waals surface area contributed by atoms with Crippen molar-refractivity contribution in [3.8, 4) is 0 Å². The maximum atomic E-state index is 3.49. The first-order chi connectivity index (χ1) is 4.86. The Bertz CT molecular complexity index is 153. The van der Waals surface area contributed by atoms with Gasteiger partial charge in [0.2, 0.25) is 0 Å². The van der Waals surface area contributed by atoms with E-state index in [1.54, 1.807) is 0 Å². The molecule has 3 atom stereocenters. The molecular formula is C8H14N2. The summed E-state index contributed by atoms with van der Waals surface area (Å²) in [4.78, 5) is 0. The SMILES string of the molecule is CC1NC2C=CCCC2N1. The second-order valence-electron chi connectivity index (χ2n) is 3.19. The van der Waals surface area contributed by atoms with Crippen molar-refractivity contribution < 1.29 is 0 Å². The Kier molecular flexibility index (Phi) is 1.51. The molecule has 2 rings (SSSR count). The van der Waals surface area contributed by atoms with Crippen molar-refractivity contribution in [1.82, 2.24) is 10.6 Å². The standard InChI is InChI=1S/C8H14N2/c1-6-9-7-4-2-3-5-8(7)10-6/h2,4,6-10H,3,5H2,1H3. The third-order valence-electron chi connectivity index (χ3n) is 2.33. The molecule has 2 aliphatic rings. The molecule has 1 heterocycles. The molecular weight excluding hydrogens is 124 g/mol. The van der Waals surface area contributed by atoms with Crippen LogP contribution in [0.25, 0.3) is 0 Å². The van der Waals surface area contributed by atoms with E-state index in [1.165, 1.54) is 12.8 Å². The number of fused-ring (bicyclic) bond motifs is 1. The van der Waals surface area contributed by atoms with Crippen molar-refractivity contribution in [3.05, 3.63) is 12.2 Å². The van der Waals surface area contributed by atoms with Crippen LogP contribution in [0.4, 0.5) is 0 Å². The van der Waals surface area contributed by atoms with Gasteiger partial charge in [0, 0.05) is 12.1 Å². The molecule has 0 aromatic heterocycles. The van der Waals surface area contributed by atoms with Crippen LogP contribution in [0.3, 0.4) is 0 Å². The van der Waals surface area contributed by atoms with Crippen LogP contribution in [0.1, 0.15) is 19.8 Å². The van der Waals surface area contributed by atoms with Crippen molar-refractivity contribution >= 4 is 0 Å². The fraction of sp³-hybridized carbons (Fsp3) is 0.750. The maximum absolute atomic E-state index is 3.49. The fourth-order valence-electron chi connectivity index (χ4n) is 1.85. The van der Waals surface area contributed by atoms with Gasteiger partial charge in [0.05, 0.1) is 6.17 Å². The van der Waals surface area contributed by atoms with Crippen LogP contribution in [-0.4, -0.2) is 18.2 Å². The maximum Gasteiger partial charge on any atom is 0.0550 e. The third kappa shape index (κ3) is 0.976. The Morgan fingerprint density at radius 1 is 1.40 bits per heavy atom. The van der Waals surface area contributed by atoms with Crippen LogP contribution in [0.15, 0.2) is 12.2 Å². The van der Waals surface area contributed by atoms with Gasteiger partial charge in [-0.05, 0) is 19.8 Å². The van der Waals surface area contributed by atoms with Crippen LogP contribution in [0.5, 0.6) is 0 Å². The largest absolute Gasteiger partial charge is 0.297 e. The highest BCUT2D eigenvalue weighted by Crippen LogP contribution is 2.16. The normalized spacial score (nSPS) is 45.5. The molecule has 0 spiro atoms. The summed E-state index contributed by atoms with van der Waals surface area (Å²) in [6.07, 6.45) is 7.58. The van der Waals surface area contributed by atoms with Crippen LogP contribution < -0.4 is 10.6 Å². The highest BCUT2D eigenvalue weighted by molar-refractivity contribution is 5.08. The van der Waals surface area contributed by atoms with Crippen molar-refractivity contribution in [2.75, 3.05) is 0 Å². The summed E-state index contributed by atoms with van der Waals surface area (Å²) in [5, 5.41) is 6.95. The molecule has 0 aromatic rings.